The van der Waals surface area contributed by atoms with Crippen LogP contribution in [0, 0.1) is 0 Å². The minimum Gasteiger partial charge on any atom is -0.490 e. The van der Waals surface area contributed by atoms with Gasteiger partial charge in [0.1, 0.15) is 24.7 Å². The van der Waals surface area contributed by atoms with Gasteiger partial charge in [-0.2, -0.15) is 0 Å². The van der Waals surface area contributed by atoms with Gasteiger partial charge in [-0.05, 0) is 78.2 Å². The Hall–Kier alpha value is -3.70. The van der Waals surface area contributed by atoms with Crippen LogP contribution in [-0.4, -0.2) is 52.5 Å². The molecule has 4 rings (SSSR count). The largest absolute Gasteiger partial charge is 0.490 e. The quantitative estimate of drug-likeness (QED) is 0.133. The first-order valence-corrected chi connectivity index (χ1v) is 15.1. The number of anilines is 2. The molecule has 0 aliphatic rings. The number of methoxy groups -OCH3 is 2. The van der Waals surface area contributed by atoms with E-state index in [1.165, 1.54) is 0 Å². The monoisotopic (exact) mass is 710 g/mol. The first-order valence-electron chi connectivity index (χ1n) is 13.5. The van der Waals surface area contributed by atoms with E-state index in [1.54, 1.807) is 38.5 Å². The molecular formula is C33H32Br2N2O6. The van der Waals surface area contributed by atoms with Crippen molar-refractivity contribution in [1.82, 2.24) is 0 Å². The molecule has 0 aliphatic carbocycles. The van der Waals surface area contributed by atoms with Crippen LogP contribution in [0.4, 0.5) is 11.4 Å². The van der Waals surface area contributed by atoms with Gasteiger partial charge in [-0.25, -0.2) is 0 Å². The SMILES string of the molecule is COCCOc1ccc(Br)cc1C(=O)Nc1ccc(Cc2ccc(NC(=O)c3cc(Br)ccc3OCCOC)cc2)cc1. The lowest BCUT2D eigenvalue weighted by Gasteiger charge is -2.13. The zero-order chi connectivity index (χ0) is 30.6. The summed E-state index contributed by atoms with van der Waals surface area (Å²) in [7, 11) is 3.20. The second kappa shape index (κ2) is 16.2. The number of ether oxygens (including phenoxy) is 4. The van der Waals surface area contributed by atoms with Gasteiger partial charge in [-0.15, -0.1) is 0 Å². The van der Waals surface area contributed by atoms with Crippen LogP contribution in [0.3, 0.4) is 0 Å². The summed E-state index contributed by atoms with van der Waals surface area (Å²) < 4.78 is 23.1. The van der Waals surface area contributed by atoms with Crippen LogP contribution in [-0.2, 0) is 15.9 Å². The van der Waals surface area contributed by atoms with Crippen LogP contribution >= 0.6 is 31.9 Å². The maximum Gasteiger partial charge on any atom is 0.259 e. The molecule has 0 saturated heterocycles. The summed E-state index contributed by atoms with van der Waals surface area (Å²) in [5.74, 6) is 0.439. The standard InChI is InChI=1S/C33H32Br2N2O6/c1-40-15-17-42-30-13-7-24(34)20-28(30)32(38)36-26-9-3-22(4-10-26)19-23-5-11-27(12-6-23)37-33(39)29-21-25(35)8-14-31(29)43-18-16-41-2/h3-14,20-21H,15-19H2,1-2H3,(H,36,38)(H,37,39). The van der Waals surface area contributed by atoms with Crippen molar-refractivity contribution >= 4 is 55.0 Å². The van der Waals surface area contributed by atoms with Gasteiger partial charge in [-0.1, -0.05) is 56.1 Å². The summed E-state index contributed by atoms with van der Waals surface area (Å²) >= 11 is 6.85. The summed E-state index contributed by atoms with van der Waals surface area (Å²) in [5, 5.41) is 5.88. The molecule has 0 aliphatic heterocycles. The van der Waals surface area contributed by atoms with Crippen molar-refractivity contribution in [3.05, 3.63) is 116 Å². The molecule has 0 bridgehead atoms. The molecule has 0 spiro atoms. The molecule has 4 aromatic rings. The Bertz CT molecular complexity index is 1410. The molecule has 0 heterocycles. The van der Waals surface area contributed by atoms with Crippen LogP contribution in [0.15, 0.2) is 93.9 Å². The fourth-order valence-electron chi connectivity index (χ4n) is 4.13. The third-order valence-corrected chi connectivity index (χ3v) is 7.28. The number of carbonyl (C=O) groups is 2. The lowest BCUT2D eigenvalue weighted by molar-refractivity contribution is 0.101. The fraction of sp³-hybridized carbons (Fsp3) is 0.212. The van der Waals surface area contributed by atoms with E-state index in [1.807, 2.05) is 60.7 Å². The number of rotatable bonds is 14. The number of amides is 2. The number of carbonyl (C=O) groups excluding carboxylic acids is 2. The molecule has 10 heteroatoms. The maximum atomic E-state index is 13.0. The molecule has 2 N–H and O–H groups in total. The van der Waals surface area contributed by atoms with Crippen molar-refractivity contribution in [1.29, 1.82) is 0 Å². The third kappa shape index (κ3) is 9.65. The first-order chi connectivity index (χ1) is 20.9. The highest BCUT2D eigenvalue weighted by Gasteiger charge is 2.15. The van der Waals surface area contributed by atoms with Crippen LogP contribution in [0.5, 0.6) is 11.5 Å². The smallest absolute Gasteiger partial charge is 0.259 e. The van der Waals surface area contributed by atoms with Crippen molar-refractivity contribution in [2.45, 2.75) is 6.42 Å². The maximum absolute atomic E-state index is 13.0. The number of hydrogen-bond acceptors (Lipinski definition) is 6. The number of halogens is 2. The molecule has 224 valence electrons. The Morgan fingerprint density at radius 2 is 0.977 bits per heavy atom. The van der Waals surface area contributed by atoms with Gasteiger partial charge in [0.2, 0.25) is 0 Å². The third-order valence-electron chi connectivity index (χ3n) is 6.29. The van der Waals surface area contributed by atoms with Crippen LogP contribution < -0.4 is 20.1 Å². The van der Waals surface area contributed by atoms with Crippen LogP contribution in [0.25, 0.3) is 0 Å². The molecule has 0 radical (unpaired) electrons. The van der Waals surface area contributed by atoms with Gasteiger partial charge >= 0.3 is 0 Å². The van der Waals surface area contributed by atoms with Crippen molar-refractivity contribution in [2.24, 2.45) is 0 Å². The van der Waals surface area contributed by atoms with Gasteiger partial charge in [0.25, 0.3) is 11.8 Å². The molecule has 0 aromatic heterocycles. The molecule has 0 unspecified atom stereocenters. The van der Waals surface area contributed by atoms with Gasteiger partial charge in [0, 0.05) is 34.5 Å². The summed E-state index contributed by atoms with van der Waals surface area (Å²) in [4.78, 5) is 26.0. The van der Waals surface area contributed by atoms with E-state index in [0.29, 0.717) is 66.8 Å². The Morgan fingerprint density at radius 3 is 1.35 bits per heavy atom. The minimum absolute atomic E-state index is 0.268. The second-order valence-electron chi connectivity index (χ2n) is 9.44. The second-order valence-corrected chi connectivity index (χ2v) is 11.3. The van der Waals surface area contributed by atoms with E-state index in [0.717, 1.165) is 20.1 Å². The van der Waals surface area contributed by atoms with E-state index in [-0.39, 0.29) is 11.8 Å². The highest BCUT2D eigenvalue weighted by Crippen LogP contribution is 2.26. The van der Waals surface area contributed by atoms with E-state index in [4.69, 9.17) is 18.9 Å². The summed E-state index contributed by atoms with van der Waals surface area (Å²) in [5.41, 5.74) is 4.36. The Kier molecular flexibility index (Phi) is 12.2. The highest BCUT2D eigenvalue weighted by molar-refractivity contribution is 9.10. The molecule has 0 atom stereocenters. The van der Waals surface area contributed by atoms with Crippen molar-refractivity contribution < 1.29 is 28.5 Å². The van der Waals surface area contributed by atoms with Crippen molar-refractivity contribution in [3.63, 3.8) is 0 Å². The number of benzene rings is 4. The normalized spacial score (nSPS) is 10.7. The molecule has 8 nitrogen and oxygen atoms in total. The molecule has 43 heavy (non-hydrogen) atoms. The predicted molar refractivity (Wildman–Crippen MR) is 175 cm³/mol. The van der Waals surface area contributed by atoms with E-state index in [9.17, 15) is 9.59 Å². The van der Waals surface area contributed by atoms with Crippen LogP contribution in [0.1, 0.15) is 31.8 Å². The lowest BCUT2D eigenvalue weighted by Crippen LogP contribution is -2.15. The van der Waals surface area contributed by atoms with E-state index >= 15 is 0 Å². The Morgan fingerprint density at radius 1 is 0.581 bits per heavy atom. The molecule has 0 fully saturated rings. The number of hydrogen-bond donors (Lipinski definition) is 2. The molecule has 0 saturated carbocycles. The zero-order valence-corrected chi connectivity index (χ0v) is 27.0. The zero-order valence-electron chi connectivity index (χ0n) is 23.8. The predicted octanol–water partition coefficient (Wildman–Crippen LogP) is 7.36. The summed E-state index contributed by atoms with van der Waals surface area (Å²) in [6.07, 6.45) is 0.689. The lowest BCUT2D eigenvalue weighted by atomic mass is 10.0. The van der Waals surface area contributed by atoms with Gasteiger partial charge in [0.15, 0.2) is 0 Å². The topological polar surface area (TPSA) is 95.1 Å². The summed E-state index contributed by atoms with van der Waals surface area (Å²) in [6, 6.07) is 26.0. The van der Waals surface area contributed by atoms with E-state index in [2.05, 4.69) is 42.5 Å². The fourth-order valence-corrected chi connectivity index (χ4v) is 4.85. The van der Waals surface area contributed by atoms with E-state index < -0.39 is 0 Å². The van der Waals surface area contributed by atoms with Crippen molar-refractivity contribution in [3.8, 4) is 11.5 Å². The Balaban J connectivity index is 1.35. The average Bonchev–Trinajstić information content (AvgIpc) is 3.00. The Labute approximate surface area is 267 Å². The van der Waals surface area contributed by atoms with Gasteiger partial charge in [0.05, 0.1) is 24.3 Å². The first kappa shape index (κ1) is 32.2. The molecule has 4 aromatic carbocycles. The molecular weight excluding hydrogens is 680 g/mol. The van der Waals surface area contributed by atoms with Crippen LogP contribution in [0.2, 0.25) is 0 Å². The highest BCUT2D eigenvalue weighted by atomic mass is 79.9. The average molecular weight is 712 g/mol. The molecule has 2 amide bonds. The van der Waals surface area contributed by atoms with Crippen molar-refractivity contribution in [2.75, 3.05) is 51.3 Å². The minimum atomic E-state index is -0.268. The van der Waals surface area contributed by atoms with Gasteiger partial charge in [-0.3, -0.25) is 9.59 Å². The van der Waals surface area contributed by atoms with Gasteiger partial charge < -0.3 is 29.6 Å². The summed E-state index contributed by atoms with van der Waals surface area (Å²) in [6.45, 7) is 1.54. The number of nitrogens with one attached hydrogen (secondary N) is 2.